The van der Waals surface area contributed by atoms with E-state index in [1.54, 1.807) is 41.5 Å². The zero-order valence-corrected chi connectivity index (χ0v) is 22.9. The minimum atomic E-state index is -1.87. The van der Waals surface area contributed by atoms with Crippen LogP contribution in [0, 0.1) is 11.8 Å². The molecule has 220 valence electrons. The standard InChI is InChI=1S/C25H48O12/c1-8-15(10-17(26)27)36-18(28)11-16(9-2)37-25(34)24(23(33)20(30)13(5)6)35-14(7)21(31)22(32)19(29)12(3)4/h12-16,19-25,29-34H,8-11H2,1-7H3,(H,26,27). The van der Waals surface area contributed by atoms with Crippen LogP contribution in [0.15, 0.2) is 0 Å². The highest BCUT2D eigenvalue weighted by Crippen LogP contribution is 2.23. The number of aliphatic hydroxyl groups is 6. The van der Waals surface area contributed by atoms with E-state index in [1.807, 2.05) is 0 Å². The Morgan fingerprint density at radius 3 is 1.57 bits per heavy atom. The van der Waals surface area contributed by atoms with E-state index >= 15 is 0 Å². The van der Waals surface area contributed by atoms with Crippen molar-refractivity contribution >= 4 is 11.9 Å². The molecule has 12 nitrogen and oxygen atoms in total. The lowest BCUT2D eigenvalue weighted by Gasteiger charge is -2.37. The predicted octanol–water partition coefficient (Wildman–Crippen LogP) is 0.177. The molecule has 0 saturated heterocycles. The van der Waals surface area contributed by atoms with Crippen molar-refractivity contribution in [3.8, 4) is 0 Å². The molecule has 10 atom stereocenters. The van der Waals surface area contributed by atoms with Crippen LogP contribution in [0.4, 0.5) is 0 Å². The van der Waals surface area contributed by atoms with Gasteiger partial charge < -0.3 is 50.0 Å². The van der Waals surface area contributed by atoms with Crippen molar-refractivity contribution in [2.24, 2.45) is 11.8 Å². The molecule has 0 aliphatic rings. The number of ether oxygens (including phenoxy) is 3. The van der Waals surface area contributed by atoms with Gasteiger partial charge >= 0.3 is 11.9 Å². The highest BCUT2D eigenvalue weighted by atomic mass is 16.6. The van der Waals surface area contributed by atoms with Crippen molar-refractivity contribution in [2.75, 3.05) is 0 Å². The van der Waals surface area contributed by atoms with E-state index in [4.69, 9.17) is 19.3 Å². The van der Waals surface area contributed by atoms with Gasteiger partial charge in [0.25, 0.3) is 0 Å². The number of rotatable bonds is 19. The van der Waals surface area contributed by atoms with Crippen molar-refractivity contribution in [2.45, 2.75) is 135 Å². The van der Waals surface area contributed by atoms with E-state index in [2.05, 4.69) is 0 Å². The summed E-state index contributed by atoms with van der Waals surface area (Å²) in [7, 11) is 0. The molecule has 0 bridgehead atoms. The SMILES string of the molecule is CCC(CC(=O)O)OC(=O)CC(CC)OC(O)C(OC(C)C(O)C(O)C(O)C(C)C)C(O)C(O)C(C)C. The third kappa shape index (κ3) is 12.3. The summed E-state index contributed by atoms with van der Waals surface area (Å²) in [5, 5.41) is 71.7. The molecule has 0 aromatic heterocycles. The van der Waals surface area contributed by atoms with Crippen LogP contribution in [0.25, 0.3) is 0 Å². The maximum Gasteiger partial charge on any atom is 0.308 e. The fraction of sp³-hybridized carbons (Fsp3) is 0.920. The Bertz CT molecular complexity index is 658. The molecule has 0 aliphatic carbocycles. The Morgan fingerprint density at radius 2 is 1.14 bits per heavy atom. The van der Waals surface area contributed by atoms with Gasteiger partial charge in [-0.05, 0) is 31.6 Å². The van der Waals surface area contributed by atoms with Gasteiger partial charge in [-0.1, -0.05) is 41.5 Å². The van der Waals surface area contributed by atoms with Gasteiger partial charge in [0, 0.05) is 0 Å². The fourth-order valence-corrected chi connectivity index (χ4v) is 3.55. The third-order valence-corrected chi connectivity index (χ3v) is 6.22. The van der Waals surface area contributed by atoms with Gasteiger partial charge in [0.1, 0.15) is 30.5 Å². The predicted molar refractivity (Wildman–Crippen MR) is 132 cm³/mol. The average Bonchev–Trinajstić information content (AvgIpc) is 2.82. The van der Waals surface area contributed by atoms with Crippen molar-refractivity contribution < 1.29 is 59.5 Å². The maximum absolute atomic E-state index is 12.3. The number of aliphatic hydroxyl groups excluding tert-OH is 6. The van der Waals surface area contributed by atoms with E-state index in [0.717, 1.165) is 0 Å². The Balaban J connectivity index is 5.56. The lowest BCUT2D eigenvalue weighted by Crippen LogP contribution is -2.54. The van der Waals surface area contributed by atoms with Crippen molar-refractivity contribution in [1.82, 2.24) is 0 Å². The average molecular weight is 541 g/mol. The number of carboxylic acid groups (broad SMARTS) is 1. The molecule has 0 rings (SSSR count). The topological polar surface area (TPSA) is 203 Å². The molecule has 0 saturated carbocycles. The van der Waals surface area contributed by atoms with Gasteiger partial charge in [0.15, 0.2) is 6.29 Å². The number of hydrogen-bond donors (Lipinski definition) is 7. The van der Waals surface area contributed by atoms with Crippen LogP contribution >= 0.6 is 0 Å². The second kappa shape index (κ2) is 17.3. The number of carbonyl (C=O) groups is 2. The molecule has 0 fully saturated rings. The molecule has 10 unspecified atom stereocenters. The van der Waals surface area contributed by atoms with Gasteiger partial charge in [0.2, 0.25) is 0 Å². The van der Waals surface area contributed by atoms with Crippen LogP contribution in [-0.2, 0) is 23.8 Å². The first kappa shape index (κ1) is 35.6. The van der Waals surface area contributed by atoms with Crippen LogP contribution in [0.2, 0.25) is 0 Å². The molecule has 0 aliphatic heterocycles. The van der Waals surface area contributed by atoms with Crippen LogP contribution in [0.1, 0.15) is 74.1 Å². The number of carboxylic acids is 1. The second-order valence-electron chi connectivity index (χ2n) is 10.1. The molecule has 0 radical (unpaired) electrons. The summed E-state index contributed by atoms with van der Waals surface area (Å²) < 4.78 is 16.4. The van der Waals surface area contributed by atoms with Gasteiger partial charge in [-0.15, -0.1) is 0 Å². The quantitative estimate of drug-likeness (QED) is 0.0866. The maximum atomic E-state index is 12.3. The lowest BCUT2D eigenvalue weighted by atomic mass is 9.95. The molecule has 0 amide bonds. The van der Waals surface area contributed by atoms with Gasteiger partial charge in [-0.3, -0.25) is 9.59 Å². The van der Waals surface area contributed by atoms with Crippen LogP contribution in [-0.4, -0.2) is 109 Å². The molecule has 0 spiro atoms. The second-order valence-corrected chi connectivity index (χ2v) is 10.1. The number of aliphatic carboxylic acids is 1. The van der Waals surface area contributed by atoms with E-state index in [0.29, 0.717) is 6.42 Å². The van der Waals surface area contributed by atoms with E-state index < -0.39 is 79.1 Å². The Kier molecular flexibility index (Phi) is 16.6. The molecule has 0 heterocycles. The van der Waals surface area contributed by atoms with Crippen LogP contribution < -0.4 is 0 Å². The molecular formula is C25H48O12. The minimum absolute atomic E-state index is 0.231. The van der Waals surface area contributed by atoms with Crippen LogP contribution in [0.5, 0.6) is 0 Å². The Labute approximate surface area is 219 Å². The van der Waals surface area contributed by atoms with Crippen molar-refractivity contribution in [3.63, 3.8) is 0 Å². The summed E-state index contributed by atoms with van der Waals surface area (Å²) in [4.78, 5) is 23.2. The Hall–Kier alpha value is -1.38. The largest absolute Gasteiger partial charge is 0.481 e. The van der Waals surface area contributed by atoms with E-state index in [9.17, 15) is 40.2 Å². The monoisotopic (exact) mass is 540 g/mol. The van der Waals surface area contributed by atoms with Crippen LogP contribution in [0.3, 0.4) is 0 Å². The van der Waals surface area contributed by atoms with E-state index in [-0.39, 0.29) is 25.2 Å². The highest BCUT2D eigenvalue weighted by Gasteiger charge is 2.40. The normalized spacial score (nSPS) is 20.4. The van der Waals surface area contributed by atoms with Gasteiger partial charge in [-0.25, -0.2) is 0 Å². The minimum Gasteiger partial charge on any atom is -0.481 e. The van der Waals surface area contributed by atoms with E-state index in [1.165, 1.54) is 6.92 Å². The first-order valence-electron chi connectivity index (χ1n) is 12.9. The summed E-state index contributed by atoms with van der Waals surface area (Å²) in [5.41, 5.74) is 0. The summed E-state index contributed by atoms with van der Waals surface area (Å²) in [6, 6.07) is 0. The summed E-state index contributed by atoms with van der Waals surface area (Å²) in [6.07, 6.45) is -14.1. The molecule has 0 aromatic rings. The molecule has 12 heteroatoms. The lowest BCUT2D eigenvalue weighted by molar-refractivity contribution is -0.260. The first-order chi connectivity index (χ1) is 17.1. The van der Waals surface area contributed by atoms with Gasteiger partial charge in [0.05, 0.1) is 37.3 Å². The van der Waals surface area contributed by atoms with Gasteiger partial charge in [-0.2, -0.15) is 0 Å². The molecule has 7 N–H and O–H groups in total. The summed E-state index contributed by atoms with van der Waals surface area (Å²) >= 11 is 0. The zero-order valence-electron chi connectivity index (χ0n) is 22.9. The molecular weight excluding hydrogens is 492 g/mol. The smallest absolute Gasteiger partial charge is 0.308 e. The summed E-state index contributed by atoms with van der Waals surface area (Å²) in [5.74, 6) is -2.66. The number of esters is 1. The molecule has 37 heavy (non-hydrogen) atoms. The number of hydrogen-bond acceptors (Lipinski definition) is 11. The first-order valence-corrected chi connectivity index (χ1v) is 12.9. The fourth-order valence-electron chi connectivity index (χ4n) is 3.55. The number of carbonyl (C=O) groups excluding carboxylic acids is 1. The third-order valence-electron chi connectivity index (χ3n) is 6.22. The highest BCUT2D eigenvalue weighted by molar-refractivity contribution is 5.71. The molecule has 0 aromatic carbocycles. The van der Waals surface area contributed by atoms with Crippen molar-refractivity contribution in [1.29, 1.82) is 0 Å². The Morgan fingerprint density at radius 1 is 0.649 bits per heavy atom. The summed E-state index contributed by atoms with van der Waals surface area (Å²) in [6.45, 7) is 11.3. The van der Waals surface area contributed by atoms with Crippen molar-refractivity contribution in [3.05, 3.63) is 0 Å². The zero-order chi connectivity index (χ0) is 29.0.